The molecule has 0 radical (unpaired) electrons. The molecule has 2 atom stereocenters. The molecule has 0 aliphatic carbocycles. The lowest BCUT2D eigenvalue weighted by atomic mass is 9.94. The number of nitrogens with two attached hydrogens (primary N) is 1. The average Bonchev–Trinajstić information content (AvgIpc) is 2.35. The summed E-state index contributed by atoms with van der Waals surface area (Å²) < 4.78 is 51.2. The molecule has 1 fully saturated rings. The van der Waals surface area contributed by atoms with Crippen LogP contribution in [0, 0.1) is 11.7 Å². The van der Waals surface area contributed by atoms with Gasteiger partial charge in [0.2, 0.25) is 0 Å². The maximum Gasteiger partial charge on any atom is 0.419 e. The lowest BCUT2D eigenvalue weighted by molar-refractivity contribution is -0.140. The molecule has 20 heavy (non-hydrogen) atoms. The van der Waals surface area contributed by atoms with Crippen molar-refractivity contribution in [3.63, 3.8) is 0 Å². The largest absolute Gasteiger partial charge is 0.419 e. The van der Waals surface area contributed by atoms with Gasteiger partial charge < -0.3 is 5.73 Å². The fraction of sp³-hybridized carbons (Fsp3) is 0.571. The Labute approximate surface area is 115 Å². The summed E-state index contributed by atoms with van der Waals surface area (Å²) >= 11 is 0. The van der Waals surface area contributed by atoms with Gasteiger partial charge in [-0.3, -0.25) is 4.90 Å². The highest BCUT2D eigenvalue weighted by molar-refractivity contribution is 5.27. The topological polar surface area (TPSA) is 29.3 Å². The number of nitrogens with zero attached hydrogens (tertiary/aromatic N) is 1. The predicted molar refractivity (Wildman–Crippen MR) is 68.4 cm³/mol. The van der Waals surface area contributed by atoms with E-state index in [1.807, 2.05) is 6.92 Å². The standard InChI is InChI=1S/C14H18F4N2/c1-9-7-20(5-4-13(9)19)8-10-2-3-12(15)11(6-10)14(16,17)18/h2-3,6,9,13H,4-5,7-8,19H2,1H3. The molecule has 112 valence electrons. The third-order valence-corrected chi connectivity index (χ3v) is 3.80. The van der Waals surface area contributed by atoms with Gasteiger partial charge in [-0.15, -0.1) is 0 Å². The second kappa shape index (κ2) is 5.69. The molecule has 1 aliphatic rings. The highest BCUT2D eigenvalue weighted by Gasteiger charge is 2.34. The molecule has 6 heteroatoms. The number of alkyl halides is 3. The van der Waals surface area contributed by atoms with Gasteiger partial charge in [-0.2, -0.15) is 13.2 Å². The Morgan fingerprint density at radius 3 is 2.65 bits per heavy atom. The summed E-state index contributed by atoms with van der Waals surface area (Å²) in [5.74, 6) is -0.915. The zero-order chi connectivity index (χ0) is 14.9. The van der Waals surface area contributed by atoms with E-state index in [0.717, 1.165) is 31.6 Å². The van der Waals surface area contributed by atoms with Gasteiger partial charge >= 0.3 is 6.18 Å². The van der Waals surface area contributed by atoms with Crippen LogP contribution in [-0.2, 0) is 12.7 Å². The highest BCUT2D eigenvalue weighted by atomic mass is 19.4. The third kappa shape index (κ3) is 3.49. The molecule has 2 nitrogen and oxygen atoms in total. The molecule has 0 bridgehead atoms. The second-order valence-corrected chi connectivity index (χ2v) is 5.48. The molecule has 0 amide bonds. The van der Waals surface area contributed by atoms with Crippen molar-refractivity contribution in [2.75, 3.05) is 13.1 Å². The molecule has 2 rings (SSSR count). The van der Waals surface area contributed by atoms with Gasteiger partial charge in [-0.1, -0.05) is 13.0 Å². The van der Waals surface area contributed by atoms with E-state index in [0.29, 0.717) is 18.0 Å². The van der Waals surface area contributed by atoms with E-state index in [-0.39, 0.29) is 6.04 Å². The van der Waals surface area contributed by atoms with E-state index in [1.165, 1.54) is 6.07 Å². The van der Waals surface area contributed by atoms with Crippen LogP contribution in [0.1, 0.15) is 24.5 Å². The van der Waals surface area contributed by atoms with Gasteiger partial charge in [-0.05, 0) is 36.6 Å². The number of halogens is 4. The molecule has 1 aromatic carbocycles. The Morgan fingerprint density at radius 2 is 2.05 bits per heavy atom. The maximum absolute atomic E-state index is 13.2. The number of rotatable bonds is 2. The second-order valence-electron chi connectivity index (χ2n) is 5.48. The summed E-state index contributed by atoms with van der Waals surface area (Å²) in [6.07, 6.45) is -3.83. The fourth-order valence-electron chi connectivity index (χ4n) is 2.54. The molecule has 1 aliphatic heterocycles. The van der Waals surface area contributed by atoms with Gasteiger partial charge in [0.25, 0.3) is 0 Å². The zero-order valence-electron chi connectivity index (χ0n) is 11.3. The van der Waals surface area contributed by atoms with Crippen LogP contribution >= 0.6 is 0 Å². The van der Waals surface area contributed by atoms with Crippen molar-refractivity contribution in [1.29, 1.82) is 0 Å². The quantitative estimate of drug-likeness (QED) is 0.848. The van der Waals surface area contributed by atoms with Crippen molar-refractivity contribution in [3.05, 3.63) is 35.1 Å². The van der Waals surface area contributed by atoms with Crippen LogP contribution in [0.2, 0.25) is 0 Å². The van der Waals surface area contributed by atoms with Gasteiger partial charge in [0.05, 0.1) is 5.56 Å². The summed E-state index contributed by atoms with van der Waals surface area (Å²) in [7, 11) is 0. The Balaban J connectivity index is 2.11. The normalized spacial score (nSPS) is 24.9. The first-order valence-electron chi connectivity index (χ1n) is 6.61. The zero-order valence-corrected chi connectivity index (χ0v) is 11.3. The van der Waals surface area contributed by atoms with Crippen LogP contribution in [-0.4, -0.2) is 24.0 Å². The first-order chi connectivity index (χ1) is 9.27. The van der Waals surface area contributed by atoms with Crippen LogP contribution in [0.4, 0.5) is 17.6 Å². The van der Waals surface area contributed by atoms with E-state index in [2.05, 4.69) is 4.90 Å². The minimum Gasteiger partial charge on any atom is -0.327 e. The smallest absolute Gasteiger partial charge is 0.327 e. The van der Waals surface area contributed by atoms with E-state index in [1.54, 1.807) is 0 Å². The third-order valence-electron chi connectivity index (χ3n) is 3.80. The van der Waals surface area contributed by atoms with Crippen LogP contribution in [0.5, 0.6) is 0 Å². The molecule has 1 heterocycles. The van der Waals surface area contributed by atoms with Crippen molar-refractivity contribution in [2.24, 2.45) is 11.7 Å². The number of piperidine rings is 1. The molecule has 0 spiro atoms. The number of hydrogen-bond donors (Lipinski definition) is 1. The summed E-state index contributed by atoms with van der Waals surface area (Å²) in [6, 6.07) is 3.33. The Morgan fingerprint density at radius 1 is 1.35 bits per heavy atom. The summed E-state index contributed by atoms with van der Waals surface area (Å²) in [6.45, 7) is 3.92. The monoisotopic (exact) mass is 290 g/mol. The van der Waals surface area contributed by atoms with E-state index in [4.69, 9.17) is 5.73 Å². The van der Waals surface area contributed by atoms with E-state index < -0.39 is 17.6 Å². The summed E-state index contributed by atoms with van der Waals surface area (Å²) in [5.41, 5.74) is 5.19. The predicted octanol–water partition coefficient (Wildman–Crippen LogP) is 3.01. The summed E-state index contributed by atoms with van der Waals surface area (Å²) in [5, 5.41) is 0. The molecule has 2 unspecified atom stereocenters. The molecule has 0 aromatic heterocycles. The van der Waals surface area contributed by atoms with Gasteiger partial charge in [0.1, 0.15) is 5.82 Å². The van der Waals surface area contributed by atoms with Crippen molar-refractivity contribution in [3.8, 4) is 0 Å². The number of benzene rings is 1. The van der Waals surface area contributed by atoms with Crippen LogP contribution in [0.15, 0.2) is 18.2 Å². The van der Waals surface area contributed by atoms with Gasteiger partial charge in [0.15, 0.2) is 0 Å². The van der Waals surface area contributed by atoms with E-state index >= 15 is 0 Å². The Hall–Kier alpha value is -1.14. The van der Waals surface area contributed by atoms with Crippen molar-refractivity contribution >= 4 is 0 Å². The first-order valence-corrected chi connectivity index (χ1v) is 6.61. The van der Waals surface area contributed by atoms with Crippen molar-refractivity contribution < 1.29 is 17.6 Å². The Bertz CT molecular complexity index is 473. The highest BCUT2D eigenvalue weighted by Crippen LogP contribution is 2.32. The van der Waals surface area contributed by atoms with Gasteiger partial charge in [-0.25, -0.2) is 4.39 Å². The van der Waals surface area contributed by atoms with Crippen LogP contribution in [0.3, 0.4) is 0 Å². The van der Waals surface area contributed by atoms with Crippen molar-refractivity contribution in [1.82, 2.24) is 4.90 Å². The van der Waals surface area contributed by atoms with Crippen molar-refractivity contribution in [2.45, 2.75) is 32.1 Å². The van der Waals surface area contributed by atoms with Crippen LogP contribution in [0.25, 0.3) is 0 Å². The fourth-order valence-corrected chi connectivity index (χ4v) is 2.54. The van der Waals surface area contributed by atoms with Crippen LogP contribution < -0.4 is 5.73 Å². The van der Waals surface area contributed by atoms with E-state index in [9.17, 15) is 17.6 Å². The number of hydrogen-bond acceptors (Lipinski definition) is 2. The summed E-state index contributed by atoms with van der Waals surface area (Å²) in [4.78, 5) is 2.06. The molecule has 1 aromatic rings. The lowest BCUT2D eigenvalue weighted by Gasteiger charge is -2.35. The minimum atomic E-state index is -4.66. The minimum absolute atomic E-state index is 0.144. The molecule has 1 saturated heterocycles. The Kier molecular flexibility index (Phi) is 4.34. The van der Waals surface area contributed by atoms with Gasteiger partial charge in [0, 0.05) is 19.1 Å². The first kappa shape index (κ1) is 15.3. The average molecular weight is 290 g/mol. The maximum atomic E-state index is 13.2. The SMILES string of the molecule is CC1CN(Cc2ccc(F)c(C(F)(F)F)c2)CCC1N. The molecule has 2 N–H and O–H groups in total. The number of likely N-dealkylation sites (tertiary alicyclic amines) is 1. The molecular weight excluding hydrogens is 272 g/mol. The molecule has 0 saturated carbocycles. The molecular formula is C14H18F4N2. The lowest BCUT2D eigenvalue weighted by Crippen LogP contribution is -2.45.